The molecule has 0 unspecified atom stereocenters. The van der Waals surface area contributed by atoms with E-state index < -0.39 is 17.9 Å². The Hall–Kier alpha value is -2.63. The van der Waals surface area contributed by atoms with Crippen LogP contribution in [0.4, 0.5) is 0 Å². The minimum Gasteiger partial charge on any atom is -0.478 e. The Morgan fingerprint density at radius 1 is 0.590 bits per heavy atom. The van der Waals surface area contributed by atoms with Crippen LogP contribution in [0.15, 0.2) is 29.8 Å². The summed E-state index contributed by atoms with van der Waals surface area (Å²) in [5.74, 6) is -2.44. The summed E-state index contributed by atoms with van der Waals surface area (Å²) in [6.45, 7) is 4.95. The lowest BCUT2D eigenvalue weighted by molar-refractivity contribution is -0.147. The molecule has 0 aliphatic carbocycles. The third-order valence-corrected chi connectivity index (χ3v) is 6.87. The zero-order valence-electron chi connectivity index (χ0n) is 24.5. The molecule has 6 heteroatoms. The normalized spacial score (nSPS) is 10.7. The molecule has 220 valence electrons. The van der Waals surface area contributed by atoms with Crippen LogP contribution < -0.4 is 0 Å². The molecule has 0 radical (unpaired) electrons. The number of benzene rings is 1. The van der Waals surface area contributed by atoms with Gasteiger partial charge in [-0.3, -0.25) is 0 Å². The highest BCUT2D eigenvalue weighted by Crippen LogP contribution is 2.15. The lowest BCUT2D eigenvalue weighted by Crippen LogP contribution is -2.19. The van der Waals surface area contributed by atoms with Crippen molar-refractivity contribution < 1.29 is 29.0 Å². The fourth-order valence-electron chi connectivity index (χ4n) is 4.40. The maximum atomic E-state index is 12.8. The molecule has 0 heterocycles. The average Bonchev–Trinajstić information content (AvgIpc) is 2.93. The third kappa shape index (κ3) is 17.6. The van der Waals surface area contributed by atoms with Crippen molar-refractivity contribution in [3.63, 3.8) is 0 Å². The summed E-state index contributed by atoms with van der Waals surface area (Å²) in [5, 5.41) is 9.12. The molecule has 0 bridgehead atoms. The van der Waals surface area contributed by atoms with Crippen molar-refractivity contribution in [1.29, 1.82) is 0 Å². The smallest absolute Gasteiger partial charge is 0.345 e. The van der Waals surface area contributed by atoms with Crippen LogP contribution in [-0.2, 0) is 19.1 Å². The van der Waals surface area contributed by atoms with Crippen LogP contribution in [0.5, 0.6) is 0 Å². The van der Waals surface area contributed by atoms with E-state index >= 15 is 0 Å². The summed E-state index contributed by atoms with van der Waals surface area (Å²) >= 11 is 0. The molecule has 0 amide bonds. The Bertz CT molecular complexity index is 789. The minimum absolute atomic E-state index is 0.134. The summed E-state index contributed by atoms with van der Waals surface area (Å²) in [6, 6.07) is 6.00. The molecule has 0 saturated heterocycles. The molecule has 0 saturated carbocycles. The van der Waals surface area contributed by atoms with Gasteiger partial charge in [0.05, 0.1) is 18.8 Å². The molecular weight excluding hydrogens is 492 g/mol. The van der Waals surface area contributed by atoms with Crippen LogP contribution in [0.3, 0.4) is 0 Å². The van der Waals surface area contributed by atoms with E-state index in [0.717, 1.165) is 38.5 Å². The monoisotopic (exact) mass is 544 g/mol. The lowest BCUT2D eigenvalue weighted by atomic mass is 10.1. The second-order valence-corrected chi connectivity index (χ2v) is 10.4. The van der Waals surface area contributed by atoms with Crippen LogP contribution in [0.1, 0.15) is 145 Å². The Labute approximate surface area is 236 Å². The largest absolute Gasteiger partial charge is 0.478 e. The molecule has 1 aromatic rings. The number of carbonyl (C=O) groups excluding carboxylic acids is 2. The van der Waals surface area contributed by atoms with Crippen molar-refractivity contribution >= 4 is 24.0 Å². The number of hydrogen-bond acceptors (Lipinski definition) is 5. The molecule has 39 heavy (non-hydrogen) atoms. The Kier molecular flexibility index (Phi) is 20.5. The number of aromatic carboxylic acids is 1. The van der Waals surface area contributed by atoms with E-state index in [4.69, 9.17) is 14.6 Å². The van der Waals surface area contributed by atoms with Gasteiger partial charge in [0.25, 0.3) is 0 Å². The van der Waals surface area contributed by atoms with Crippen LogP contribution in [0.2, 0.25) is 0 Å². The Morgan fingerprint density at radius 3 is 1.31 bits per heavy atom. The number of ether oxygens (including phenoxy) is 2. The molecule has 0 atom stereocenters. The molecule has 1 rings (SSSR count). The van der Waals surface area contributed by atoms with Gasteiger partial charge in [0.15, 0.2) is 0 Å². The molecule has 0 fully saturated rings. The number of carbonyl (C=O) groups is 3. The fraction of sp³-hybridized carbons (Fsp3) is 0.667. The highest BCUT2D eigenvalue weighted by molar-refractivity contribution is 6.17. The van der Waals surface area contributed by atoms with Crippen molar-refractivity contribution in [3.8, 4) is 0 Å². The van der Waals surface area contributed by atoms with Crippen LogP contribution in [0, 0.1) is 0 Å². The van der Waals surface area contributed by atoms with Crippen molar-refractivity contribution in [3.05, 3.63) is 41.0 Å². The molecule has 1 aromatic carbocycles. The van der Waals surface area contributed by atoms with Gasteiger partial charge in [-0.15, -0.1) is 0 Å². The van der Waals surface area contributed by atoms with Crippen LogP contribution in [0.25, 0.3) is 6.08 Å². The maximum absolute atomic E-state index is 12.8. The zero-order valence-corrected chi connectivity index (χ0v) is 24.5. The molecular formula is C33H52O6. The first-order valence-electron chi connectivity index (χ1n) is 15.4. The van der Waals surface area contributed by atoms with Crippen molar-refractivity contribution in [2.24, 2.45) is 0 Å². The van der Waals surface area contributed by atoms with E-state index in [0.29, 0.717) is 5.56 Å². The molecule has 1 N–H and O–H groups in total. The number of carboxylic acids is 1. The quantitative estimate of drug-likeness (QED) is 0.0459. The van der Waals surface area contributed by atoms with Gasteiger partial charge in [-0.2, -0.15) is 0 Å². The van der Waals surface area contributed by atoms with E-state index in [1.807, 2.05) is 0 Å². The van der Waals surface area contributed by atoms with E-state index in [9.17, 15) is 14.4 Å². The summed E-state index contributed by atoms with van der Waals surface area (Å²) in [5.41, 5.74) is 0.509. The van der Waals surface area contributed by atoms with Gasteiger partial charge in [0.1, 0.15) is 5.57 Å². The van der Waals surface area contributed by atoms with Gasteiger partial charge in [-0.1, -0.05) is 129 Å². The first-order chi connectivity index (χ1) is 19.0. The highest BCUT2D eigenvalue weighted by atomic mass is 16.6. The van der Waals surface area contributed by atoms with Crippen LogP contribution >= 0.6 is 0 Å². The van der Waals surface area contributed by atoms with Crippen LogP contribution in [-0.4, -0.2) is 36.2 Å². The number of hydrogen-bond donors (Lipinski definition) is 1. The molecule has 0 aliphatic rings. The third-order valence-electron chi connectivity index (χ3n) is 6.87. The van der Waals surface area contributed by atoms with Gasteiger partial charge in [-0.25, -0.2) is 14.4 Å². The van der Waals surface area contributed by atoms with Crippen molar-refractivity contribution in [2.45, 2.75) is 129 Å². The minimum atomic E-state index is -1.04. The second-order valence-electron chi connectivity index (χ2n) is 10.4. The highest BCUT2D eigenvalue weighted by Gasteiger charge is 2.21. The lowest BCUT2D eigenvalue weighted by Gasteiger charge is -2.10. The zero-order chi connectivity index (χ0) is 28.6. The average molecular weight is 545 g/mol. The topological polar surface area (TPSA) is 89.9 Å². The predicted molar refractivity (Wildman–Crippen MR) is 158 cm³/mol. The van der Waals surface area contributed by atoms with Crippen molar-refractivity contribution in [1.82, 2.24) is 0 Å². The molecule has 0 spiro atoms. The molecule has 0 aliphatic heterocycles. The van der Waals surface area contributed by atoms with Gasteiger partial charge in [0, 0.05) is 0 Å². The number of rotatable bonds is 24. The number of unbranched alkanes of at least 4 members (excludes halogenated alkanes) is 16. The number of carboxylic acid groups (broad SMARTS) is 1. The van der Waals surface area contributed by atoms with E-state index in [2.05, 4.69) is 13.8 Å². The van der Waals surface area contributed by atoms with E-state index in [1.165, 1.54) is 95.3 Å². The Balaban J connectivity index is 2.51. The van der Waals surface area contributed by atoms with Gasteiger partial charge < -0.3 is 14.6 Å². The predicted octanol–water partition coefficient (Wildman–Crippen LogP) is 8.92. The molecule has 0 aromatic heterocycles. The summed E-state index contributed by atoms with van der Waals surface area (Å²) in [6.07, 6.45) is 22.3. The van der Waals surface area contributed by atoms with Gasteiger partial charge >= 0.3 is 17.9 Å². The van der Waals surface area contributed by atoms with Gasteiger partial charge in [0.2, 0.25) is 0 Å². The summed E-state index contributed by atoms with van der Waals surface area (Å²) in [4.78, 5) is 36.7. The van der Waals surface area contributed by atoms with E-state index in [-0.39, 0.29) is 24.4 Å². The number of esters is 2. The summed E-state index contributed by atoms with van der Waals surface area (Å²) < 4.78 is 10.8. The Morgan fingerprint density at radius 2 is 0.949 bits per heavy atom. The first kappa shape index (κ1) is 34.4. The standard InChI is InChI=1S/C33H52O6/c1-3-5-7-9-11-13-15-17-19-25-38-32(36)30(27-28-21-23-29(24-22-28)31(34)35)33(37)39-26-20-18-16-14-12-10-8-6-4-2/h21-24,27H,3-20,25-26H2,1-2H3,(H,34,35). The summed E-state index contributed by atoms with van der Waals surface area (Å²) in [7, 11) is 0. The van der Waals surface area contributed by atoms with Crippen molar-refractivity contribution in [2.75, 3.05) is 13.2 Å². The fourth-order valence-corrected chi connectivity index (χ4v) is 4.40. The molecule has 6 nitrogen and oxygen atoms in total. The van der Waals surface area contributed by atoms with Gasteiger partial charge in [-0.05, 0) is 36.6 Å². The maximum Gasteiger partial charge on any atom is 0.345 e. The first-order valence-corrected chi connectivity index (χ1v) is 15.4. The van der Waals surface area contributed by atoms with E-state index in [1.54, 1.807) is 12.1 Å². The SMILES string of the molecule is CCCCCCCCCCCOC(=O)C(=Cc1ccc(C(=O)O)cc1)C(=O)OCCCCCCCCCCC. The second kappa shape index (κ2) is 23.3.